The van der Waals surface area contributed by atoms with Crippen molar-refractivity contribution in [1.29, 1.82) is 0 Å². The Morgan fingerprint density at radius 3 is 3.27 bits per heavy atom. The summed E-state index contributed by atoms with van der Waals surface area (Å²) in [5.41, 5.74) is 6.61. The number of nitrogens with two attached hydrogens (primary N) is 1. The summed E-state index contributed by atoms with van der Waals surface area (Å²) in [6.07, 6.45) is 7.96. The van der Waals surface area contributed by atoms with Gasteiger partial charge in [0.25, 0.3) is 0 Å². The van der Waals surface area contributed by atoms with Gasteiger partial charge in [-0.3, -0.25) is 4.99 Å². The fourth-order valence-electron chi connectivity index (χ4n) is 1.43. The first-order chi connectivity index (χ1) is 5.40. The van der Waals surface area contributed by atoms with E-state index in [-0.39, 0.29) is 0 Å². The highest BCUT2D eigenvalue weighted by Gasteiger charge is 2.23. The second-order valence-corrected chi connectivity index (χ2v) is 2.78. The highest BCUT2D eigenvalue weighted by Crippen LogP contribution is 2.18. The second-order valence-electron chi connectivity index (χ2n) is 2.78. The van der Waals surface area contributed by atoms with Gasteiger partial charge in [0.05, 0.1) is 6.04 Å². The van der Waals surface area contributed by atoms with Crippen molar-refractivity contribution in [2.45, 2.75) is 6.04 Å². The number of nitrogens with zero attached hydrogens (tertiary/aromatic N) is 1. The van der Waals surface area contributed by atoms with Crippen LogP contribution in [0.1, 0.15) is 0 Å². The van der Waals surface area contributed by atoms with Crippen molar-refractivity contribution in [3.8, 4) is 0 Å². The van der Waals surface area contributed by atoms with Crippen molar-refractivity contribution in [1.82, 2.24) is 5.32 Å². The molecule has 0 saturated carbocycles. The fourth-order valence-corrected chi connectivity index (χ4v) is 1.43. The summed E-state index contributed by atoms with van der Waals surface area (Å²) in [7, 11) is 0. The quantitative estimate of drug-likeness (QED) is 0.552. The van der Waals surface area contributed by atoms with Crippen molar-refractivity contribution in [3.05, 3.63) is 24.0 Å². The molecular formula is C8H11N3. The van der Waals surface area contributed by atoms with E-state index in [0.717, 1.165) is 5.70 Å². The van der Waals surface area contributed by atoms with Crippen LogP contribution in [0.4, 0.5) is 0 Å². The molecule has 0 aromatic heterocycles. The lowest BCUT2D eigenvalue weighted by molar-refractivity contribution is 0.661. The molecule has 2 atom stereocenters. The van der Waals surface area contributed by atoms with Crippen molar-refractivity contribution in [2.75, 3.05) is 6.54 Å². The van der Waals surface area contributed by atoms with Crippen LogP contribution in [0.3, 0.4) is 0 Å². The van der Waals surface area contributed by atoms with Crippen LogP contribution in [0, 0.1) is 5.92 Å². The molecule has 2 heterocycles. The number of rotatable bonds is 1. The normalized spacial score (nSPS) is 33.0. The largest absolute Gasteiger partial charge is 0.380 e. The van der Waals surface area contributed by atoms with Gasteiger partial charge in [0.15, 0.2) is 0 Å². The number of hydrogen-bond acceptors (Lipinski definition) is 3. The topological polar surface area (TPSA) is 50.4 Å². The van der Waals surface area contributed by atoms with Crippen LogP contribution in [0.25, 0.3) is 0 Å². The summed E-state index contributed by atoms with van der Waals surface area (Å²) in [6.45, 7) is 0.592. The maximum absolute atomic E-state index is 5.49. The van der Waals surface area contributed by atoms with Crippen LogP contribution in [-0.2, 0) is 0 Å². The third-order valence-corrected chi connectivity index (χ3v) is 2.02. The highest BCUT2D eigenvalue weighted by molar-refractivity contribution is 5.68. The molecule has 3 nitrogen and oxygen atoms in total. The monoisotopic (exact) mass is 149 g/mol. The summed E-state index contributed by atoms with van der Waals surface area (Å²) in [6, 6.07) is 0.394. The van der Waals surface area contributed by atoms with Gasteiger partial charge in [-0.25, -0.2) is 0 Å². The van der Waals surface area contributed by atoms with Gasteiger partial charge in [-0.2, -0.15) is 0 Å². The van der Waals surface area contributed by atoms with Crippen LogP contribution < -0.4 is 11.1 Å². The van der Waals surface area contributed by atoms with Crippen molar-refractivity contribution >= 4 is 6.21 Å². The summed E-state index contributed by atoms with van der Waals surface area (Å²) in [4.78, 5) is 4.06. The molecule has 0 saturated heterocycles. The van der Waals surface area contributed by atoms with Crippen LogP contribution >= 0.6 is 0 Å². The Labute approximate surface area is 65.7 Å². The van der Waals surface area contributed by atoms with Gasteiger partial charge in [0.2, 0.25) is 0 Å². The van der Waals surface area contributed by atoms with Gasteiger partial charge in [-0.15, -0.1) is 0 Å². The van der Waals surface area contributed by atoms with Crippen molar-refractivity contribution < 1.29 is 0 Å². The van der Waals surface area contributed by atoms with Crippen LogP contribution in [0.2, 0.25) is 0 Å². The molecule has 2 aliphatic rings. The molecule has 11 heavy (non-hydrogen) atoms. The molecule has 3 heteroatoms. The molecule has 0 aromatic rings. The van der Waals surface area contributed by atoms with E-state index >= 15 is 0 Å². The zero-order chi connectivity index (χ0) is 7.68. The minimum Gasteiger partial charge on any atom is -0.380 e. The van der Waals surface area contributed by atoms with E-state index in [1.807, 2.05) is 12.4 Å². The second kappa shape index (κ2) is 2.51. The molecule has 2 aliphatic heterocycles. The van der Waals surface area contributed by atoms with Gasteiger partial charge in [-0.05, 0) is 6.08 Å². The van der Waals surface area contributed by atoms with Crippen molar-refractivity contribution in [3.63, 3.8) is 0 Å². The molecule has 0 aliphatic carbocycles. The molecule has 0 spiro atoms. The molecule has 0 fully saturated rings. The molecule has 0 aromatic carbocycles. The van der Waals surface area contributed by atoms with Crippen LogP contribution in [-0.4, -0.2) is 18.8 Å². The Bertz CT molecular complexity index is 240. The summed E-state index contributed by atoms with van der Waals surface area (Å²) in [5.74, 6) is 0.415. The average Bonchev–Trinajstić information content (AvgIpc) is 2.46. The summed E-state index contributed by atoms with van der Waals surface area (Å²) >= 11 is 0. The lowest BCUT2D eigenvalue weighted by atomic mass is 10.0. The third kappa shape index (κ3) is 1.07. The highest BCUT2D eigenvalue weighted by atomic mass is 15.0. The fraction of sp³-hybridized carbons (Fsp3) is 0.375. The van der Waals surface area contributed by atoms with E-state index in [9.17, 15) is 0 Å². The first-order valence-electron chi connectivity index (χ1n) is 3.77. The summed E-state index contributed by atoms with van der Waals surface area (Å²) in [5, 5.41) is 3.30. The van der Waals surface area contributed by atoms with Gasteiger partial charge >= 0.3 is 0 Å². The molecule has 0 amide bonds. The van der Waals surface area contributed by atoms with E-state index in [4.69, 9.17) is 5.73 Å². The van der Waals surface area contributed by atoms with E-state index in [1.54, 1.807) is 0 Å². The minimum absolute atomic E-state index is 0.394. The number of nitrogens with one attached hydrogen (secondary N) is 1. The number of fused-ring (bicyclic) bond motifs is 1. The molecule has 2 unspecified atom stereocenters. The lowest BCUT2D eigenvalue weighted by Crippen LogP contribution is -2.29. The number of hydrogen-bond donors (Lipinski definition) is 2. The first-order valence-corrected chi connectivity index (χ1v) is 3.77. The summed E-state index contributed by atoms with van der Waals surface area (Å²) < 4.78 is 0. The van der Waals surface area contributed by atoms with Crippen molar-refractivity contribution in [2.24, 2.45) is 16.6 Å². The predicted octanol–water partition coefficient (Wildman–Crippen LogP) is 0.0151. The molecule has 2 rings (SSSR count). The van der Waals surface area contributed by atoms with E-state index in [1.165, 1.54) is 0 Å². The minimum atomic E-state index is 0.394. The van der Waals surface area contributed by atoms with Gasteiger partial charge < -0.3 is 11.1 Å². The third-order valence-electron chi connectivity index (χ3n) is 2.02. The maximum atomic E-state index is 5.49. The lowest BCUT2D eigenvalue weighted by Gasteiger charge is -2.14. The standard InChI is InChI=1S/C8H11N3/c9-4-7-3-6-5-10-2-1-8(6)11-7/h1-3,5-6,8,11H,4,9H2. The van der Waals surface area contributed by atoms with Gasteiger partial charge in [0.1, 0.15) is 0 Å². The Balaban J connectivity index is 2.16. The molecular weight excluding hydrogens is 138 g/mol. The number of aliphatic imine (C=N–C) groups is 1. The molecule has 0 bridgehead atoms. The Kier molecular flexibility index (Phi) is 1.51. The smallest absolute Gasteiger partial charge is 0.0572 e. The zero-order valence-electron chi connectivity index (χ0n) is 6.20. The Morgan fingerprint density at radius 2 is 2.55 bits per heavy atom. The Hall–Kier alpha value is -1.09. The van der Waals surface area contributed by atoms with E-state index in [2.05, 4.69) is 22.5 Å². The Morgan fingerprint density at radius 1 is 1.64 bits per heavy atom. The zero-order valence-corrected chi connectivity index (χ0v) is 6.20. The molecule has 58 valence electrons. The van der Waals surface area contributed by atoms with Gasteiger partial charge in [-0.1, -0.05) is 6.08 Å². The maximum Gasteiger partial charge on any atom is 0.0572 e. The van der Waals surface area contributed by atoms with E-state index < -0.39 is 0 Å². The van der Waals surface area contributed by atoms with Crippen LogP contribution in [0.5, 0.6) is 0 Å². The first kappa shape index (κ1) is 6.61. The van der Waals surface area contributed by atoms with E-state index in [0.29, 0.717) is 18.5 Å². The SMILES string of the molecule is NCC1=CC2C=NC=CC2N1. The average molecular weight is 149 g/mol. The molecule has 0 radical (unpaired) electrons. The van der Waals surface area contributed by atoms with Crippen LogP contribution in [0.15, 0.2) is 29.0 Å². The predicted molar refractivity (Wildman–Crippen MR) is 45.2 cm³/mol. The molecule has 3 N–H and O–H groups in total. The van der Waals surface area contributed by atoms with Gasteiger partial charge in [0, 0.05) is 30.6 Å².